The first-order valence-electron chi connectivity index (χ1n) is 7.86. The first-order chi connectivity index (χ1) is 10.4. The largest absolute Gasteiger partial charge is 0.373 e. The highest BCUT2D eigenvalue weighted by molar-refractivity contribution is 5.77. The summed E-state index contributed by atoms with van der Waals surface area (Å²) in [6, 6.07) is 17.6. The van der Waals surface area contributed by atoms with Crippen LogP contribution in [-0.2, 0) is 0 Å². The molecule has 0 saturated heterocycles. The quantitative estimate of drug-likeness (QED) is 0.881. The van der Waals surface area contributed by atoms with Gasteiger partial charge in [0.1, 0.15) is 6.17 Å². The highest BCUT2D eigenvalue weighted by atomic mass is 15.3. The van der Waals surface area contributed by atoms with E-state index in [1.54, 1.807) is 0 Å². The lowest BCUT2D eigenvalue weighted by Gasteiger charge is -2.37. The number of fused-ring (bicyclic) bond motifs is 4. The molecule has 0 radical (unpaired) electrons. The van der Waals surface area contributed by atoms with Gasteiger partial charge in [-0.3, -0.25) is 0 Å². The number of hydrogen-bond acceptors (Lipinski definition) is 3. The Balaban J connectivity index is 1.74. The van der Waals surface area contributed by atoms with Gasteiger partial charge in [0, 0.05) is 17.8 Å². The minimum atomic E-state index is 0.309. The van der Waals surface area contributed by atoms with Crippen molar-refractivity contribution in [2.24, 2.45) is 0 Å². The molecule has 2 aliphatic heterocycles. The molecule has 0 aliphatic carbocycles. The van der Waals surface area contributed by atoms with E-state index in [1.165, 1.54) is 35.5 Å². The standard InChI is InChI=1S/C18H21N3/c1-2-3-12-21-16-11-7-4-8-13(16)17-18(21)20-15-10-6-5-9-14(15)19-17/h4-11,17-20H,2-3,12H2,1H3. The Morgan fingerprint density at radius 1 is 0.952 bits per heavy atom. The van der Waals surface area contributed by atoms with Gasteiger partial charge in [-0.25, -0.2) is 0 Å². The fraction of sp³-hybridized carbons (Fsp3) is 0.333. The molecule has 0 saturated carbocycles. The van der Waals surface area contributed by atoms with Crippen molar-refractivity contribution in [3.63, 3.8) is 0 Å². The Morgan fingerprint density at radius 3 is 2.48 bits per heavy atom. The Labute approximate surface area is 126 Å². The van der Waals surface area contributed by atoms with Crippen LogP contribution in [0.15, 0.2) is 48.5 Å². The van der Waals surface area contributed by atoms with Crippen LogP contribution in [0.2, 0.25) is 0 Å². The molecular formula is C18H21N3. The normalized spacial score (nSPS) is 21.9. The van der Waals surface area contributed by atoms with Gasteiger partial charge < -0.3 is 15.5 Å². The maximum Gasteiger partial charge on any atom is 0.124 e. The highest BCUT2D eigenvalue weighted by Gasteiger charge is 2.40. The second-order valence-corrected chi connectivity index (χ2v) is 5.86. The molecule has 4 rings (SSSR count). The maximum atomic E-state index is 3.73. The van der Waals surface area contributed by atoms with Crippen molar-refractivity contribution < 1.29 is 0 Å². The SMILES string of the molecule is CCCCN1c2ccccc2C2Nc3ccccc3NC21. The molecule has 0 amide bonds. The summed E-state index contributed by atoms with van der Waals surface area (Å²) < 4.78 is 0. The van der Waals surface area contributed by atoms with Crippen LogP contribution in [0.25, 0.3) is 0 Å². The molecule has 2 unspecified atom stereocenters. The van der Waals surface area contributed by atoms with Crippen molar-refractivity contribution in [3.8, 4) is 0 Å². The average Bonchev–Trinajstić information content (AvgIpc) is 2.84. The molecule has 21 heavy (non-hydrogen) atoms. The molecule has 0 spiro atoms. The van der Waals surface area contributed by atoms with Gasteiger partial charge in [-0.1, -0.05) is 43.7 Å². The topological polar surface area (TPSA) is 27.3 Å². The molecule has 0 aromatic heterocycles. The van der Waals surface area contributed by atoms with Gasteiger partial charge in [0.2, 0.25) is 0 Å². The Bertz CT molecular complexity index is 652. The molecule has 2 heterocycles. The summed E-state index contributed by atoms with van der Waals surface area (Å²) in [5.74, 6) is 0. The zero-order valence-electron chi connectivity index (χ0n) is 12.3. The lowest BCUT2D eigenvalue weighted by Crippen LogP contribution is -2.45. The minimum absolute atomic E-state index is 0.309. The fourth-order valence-corrected chi connectivity index (χ4v) is 3.48. The van der Waals surface area contributed by atoms with Crippen LogP contribution in [-0.4, -0.2) is 12.7 Å². The number of para-hydroxylation sites is 3. The first-order valence-corrected chi connectivity index (χ1v) is 7.86. The molecule has 108 valence electrons. The predicted molar refractivity (Wildman–Crippen MR) is 88.9 cm³/mol. The summed E-state index contributed by atoms with van der Waals surface area (Å²) in [7, 11) is 0. The third-order valence-electron chi connectivity index (χ3n) is 4.53. The number of unbranched alkanes of at least 4 members (excludes halogenated alkanes) is 1. The number of nitrogens with zero attached hydrogens (tertiary/aromatic N) is 1. The maximum absolute atomic E-state index is 3.73. The lowest BCUT2D eigenvalue weighted by atomic mass is 10.0. The first kappa shape index (κ1) is 12.6. The summed E-state index contributed by atoms with van der Waals surface area (Å²) >= 11 is 0. The predicted octanol–water partition coefficient (Wildman–Crippen LogP) is 4.21. The van der Waals surface area contributed by atoms with Gasteiger partial charge in [0.05, 0.1) is 17.4 Å². The lowest BCUT2D eigenvalue weighted by molar-refractivity contribution is 0.588. The molecule has 3 nitrogen and oxygen atoms in total. The van der Waals surface area contributed by atoms with Crippen LogP contribution in [0.5, 0.6) is 0 Å². The third-order valence-corrected chi connectivity index (χ3v) is 4.53. The summed E-state index contributed by atoms with van der Waals surface area (Å²) in [6.07, 6.45) is 2.75. The number of nitrogens with one attached hydrogen (secondary N) is 2. The van der Waals surface area contributed by atoms with Crippen LogP contribution in [0.3, 0.4) is 0 Å². The summed E-state index contributed by atoms with van der Waals surface area (Å²) in [4.78, 5) is 2.52. The molecule has 2 atom stereocenters. The van der Waals surface area contributed by atoms with Crippen LogP contribution in [0, 0.1) is 0 Å². The number of hydrogen-bond donors (Lipinski definition) is 2. The molecule has 2 aliphatic rings. The highest BCUT2D eigenvalue weighted by Crippen LogP contribution is 2.45. The van der Waals surface area contributed by atoms with Gasteiger partial charge >= 0.3 is 0 Å². The van der Waals surface area contributed by atoms with Gasteiger partial charge in [0.25, 0.3) is 0 Å². The van der Waals surface area contributed by atoms with Crippen LogP contribution >= 0.6 is 0 Å². The second-order valence-electron chi connectivity index (χ2n) is 5.86. The molecule has 2 aromatic carbocycles. The summed E-state index contributed by atoms with van der Waals surface area (Å²) in [5.41, 5.74) is 5.17. The van der Waals surface area contributed by atoms with Crippen molar-refractivity contribution in [2.75, 3.05) is 22.1 Å². The Morgan fingerprint density at radius 2 is 1.67 bits per heavy atom. The number of anilines is 3. The monoisotopic (exact) mass is 279 g/mol. The van der Waals surface area contributed by atoms with E-state index in [0.29, 0.717) is 12.2 Å². The minimum Gasteiger partial charge on any atom is -0.373 e. The van der Waals surface area contributed by atoms with Crippen LogP contribution in [0.4, 0.5) is 17.1 Å². The van der Waals surface area contributed by atoms with E-state index in [1.807, 2.05) is 0 Å². The third kappa shape index (κ3) is 1.96. The molecule has 3 heteroatoms. The molecule has 0 bridgehead atoms. The van der Waals surface area contributed by atoms with Crippen molar-refractivity contribution in [2.45, 2.75) is 32.0 Å². The average molecular weight is 279 g/mol. The van der Waals surface area contributed by atoms with E-state index >= 15 is 0 Å². The number of rotatable bonds is 3. The van der Waals surface area contributed by atoms with Crippen molar-refractivity contribution >= 4 is 17.1 Å². The van der Waals surface area contributed by atoms with E-state index in [0.717, 1.165) is 6.54 Å². The van der Waals surface area contributed by atoms with Crippen molar-refractivity contribution in [3.05, 3.63) is 54.1 Å². The molecule has 2 aromatic rings. The summed E-state index contributed by atoms with van der Waals surface area (Å²) in [6.45, 7) is 3.35. The summed E-state index contributed by atoms with van der Waals surface area (Å²) in [5, 5.41) is 7.45. The van der Waals surface area contributed by atoms with Crippen molar-refractivity contribution in [1.29, 1.82) is 0 Å². The van der Waals surface area contributed by atoms with Gasteiger partial charge in [-0.15, -0.1) is 0 Å². The molecule has 2 N–H and O–H groups in total. The van der Waals surface area contributed by atoms with Gasteiger partial charge in [-0.2, -0.15) is 0 Å². The van der Waals surface area contributed by atoms with E-state index in [2.05, 4.69) is 71.0 Å². The smallest absolute Gasteiger partial charge is 0.124 e. The second kappa shape index (κ2) is 4.99. The van der Waals surface area contributed by atoms with E-state index in [9.17, 15) is 0 Å². The van der Waals surface area contributed by atoms with Gasteiger partial charge in [0.15, 0.2) is 0 Å². The van der Waals surface area contributed by atoms with Gasteiger partial charge in [-0.05, 0) is 24.6 Å². The zero-order valence-corrected chi connectivity index (χ0v) is 12.3. The van der Waals surface area contributed by atoms with E-state index < -0.39 is 0 Å². The van der Waals surface area contributed by atoms with Crippen molar-refractivity contribution in [1.82, 2.24) is 0 Å². The van der Waals surface area contributed by atoms with Crippen LogP contribution in [0.1, 0.15) is 31.4 Å². The molecular weight excluding hydrogens is 258 g/mol. The Kier molecular flexibility index (Phi) is 2.99. The number of benzene rings is 2. The van der Waals surface area contributed by atoms with E-state index in [4.69, 9.17) is 0 Å². The van der Waals surface area contributed by atoms with Crippen LogP contribution < -0.4 is 15.5 Å². The molecule has 0 fully saturated rings. The fourth-order valence-electron chi connectivity index (χ4n) is 3.48. The zero-order chi connectivity index (χ0) is 14.2. The van der Waals surface area contributed by atoms with E-state index in [-0.39, 0.29) is 0 Å². The Hall–Kier alpha value is -2.16.